The second-order valence-corrected chi connectivity index (χ2v) is 9.57. The van der Waals surface area contributed by atoms with Crippen LogP contribution in [0.15, 0.2) is 94.4 Å². The van der Waals surface area contributed by atoms with Crippen LogP contribution in [0.4, 0.5) is 17.1 Å². The van der Waals surface area contributed by atoms with Crippen molar-refractivity contribution in [3.05, 3.63) is 108 Å². The topological polar surface area (TPSA) is 118 Å². The van der Waals surface area contributed by atoms with E-state index >= 15 is 0 Å². The number of aryl methyl sites for hydroxylation is 2. The lowest BCUT2D eigenvalue weighted by molar-refractivity contribution is 0.0994. The number of anilines is 3. The maximum Gasteiger partial charge on any atom is 0.291 e. The minimum Gasteiger partial charge on any atom is -0.459 e. The van der Waals surface area contributed by atoms with Gasteiger partial charge in [0.25, 0.3) is 21.8 Å². The summed E-state index contributed by atoms with van der Waals surface area (Å²) in [6, 6.07) is 21.2. The highest BCUT2D eigenvalue weighted by Gasteiger charge is 2.18. The molecule has 0 aliphatic carbocycles. The number of benzene rings is 3. The van der Waals surface area contributed by atoms with E-state index in [0.29, 0.717) is 16.9 Å². The van der Waals surface area contributed by atoms with Crippen LogP contribution in [-0.4, -0.2) is 20.2 Å². The third-order valence-corrected chi connectivity index (χ3v) is 6.68. The van der Waals surface area contributed by atoms with Gasteiger partial charge in [-0.2, -0.15) is 0 Å². The fourth-order valence-electron chi connectivity index (χ4n) is 3.37. The Morgan fingerprint density at radius 2 is 1.43 bits per heavy atom. The minimum atomic E-state index is -3.82. The van der Waals surface area contributed by atoms with E-state index in [9.17, 15) is 18.0 Å². The number of hydrogen-bond donors (Lipinski definition) is 3. The smallest absolute Gasteiger partial charge is 0.291 e. The van der Waals surface area contributed by atoms with Crippen molar-refractivity contribution in [2.45, 2.75) is 18.7 Å². The zero-order chi connectivity index (χ0) is 25.0. The lowest BCUT2D eigenvalue weighted by Gasteiger charge is -2.12. The minimum absolute atomic E-state index is 0.187. The van der Waals surface area contributed by atoms with Gasteiger partial charge >= 0.3 is 0 Å². The van der Waals surface area contributed by atoms with E-state index in [1.165, 1.54) is 12.3 Å². The predicted molar refractivity (Wildman–Crippen MR) is 134 cm³/mol. The highest BCUT2D eigenvalue weighted by atomic mass is 32.2. The molecular formula is C26H23N3O5S. The van der Waals surface area contributed by atoms with Crippen LogP contribution in [0.5, 0.6) is 0 Å². The number of sulfonamides is 1. The Kier molecular flexibility index (Phi) is 6.70. The lowest BCUT2D eigenvalue weighted by Crippen LogP contribution is -2.16. The molecule has 4 aromatic rings. The molecule has 0 radical (unpaired) electrons. The second-order valence-electron chi connectivity index (χ2n) is 7.92. The zero-order valence-corrected chi connectivity index (χ0v) is 19.8. The zero-order valence-electron chi connectivity index (χ0n) is 19.0. The first kappa shape index (κ1) is 23.8. The summed E-state index contributed by atoms with van der Waals surface area (Å²) in [7, 11) is -3.82. The molecule has 0 fully saturated rings. The van der Waals surface area contributed by atoms with Crippen LogP contribution in [0.3, 0.4) is 0 Å². The predicted octanol–water partition coefficient (Wildman–Crippen LogP) is 5.20. The second kappa shape index (κ2) is 9.86. The van der Waals surface area contributed by atoms with E-state index in [4.69, 9.17) is 4.42 Å². The van der Waals surface area contributed by atoms with Gasteiger partial charge in [-0.05, 0) is 85.6 Å². The van der Waals surface area contributed by atoms with Crippen molar-refractivity contribution < 1.29 is 22.4 Å². The highest BCUT2D eigenvalue weighted by molar-refractivity contribution is 7.92. The number of furan rings is 1. The molecule has 1 aromatic heterocycles. The van der Waals surface area contributed by atoms with Crippen LogP contribution in [0.1, 0.15) is 32.0 Å². The Balaban J connectivity index is 1.43. The molecule has 35 heavy (non-hydrogen) atoms. The quantitative estimate of drug-likeness (QED) is 0.330. The number of carbonyl (C=O) groups excluding carboxylic acids is 2. The van der Waals surface area contributed by atoms with Gasteiger partial charge in [-0.1, -0.05) is 18.2 Å². The Bertz CT molecular complexity index is 1480. The summed E-state index contributed by atoms with van der Waals surface area (Å²) in [6.45, 7) is 3.55. The Morgan fingerprint density at radius 1 is 0.743 bits per heavy atom. The fraction of sp³-hybridized carbons (Fsp3) is 0.0769. The molecule has 0 bridgehead atoms. The van der Waals surface area contributed by atoms with Gasteiger partial charge in [-0.15, -0.1) is 0 Å². The lowest BCUT2D eigenvalue weighted by atomic mass is 10.2. The molecule has 4 rings (SSSR count). The first-order chi connectivity index (χ1) is 16.7. The van der Waals surface area contributed by atoms with Crippen LogP contribution in [0.25, 0.3) is 0 Å². The third-order valence-electron chi connectivity index (χ3n) is 5.16. The molecule has 1 heterocycles. The maximum absolute atomic E-state index is 12.9. The highest BCUT2D eigenvalue weighted by Crippen LogP contribution is 2.22. The third kappa shape index (κ3) is 5.77. The molecular weight excluding hydrogens is 466 g/mol. The average molecular weight is 490 g/mol. The van der Waals surface area contributed by atoms with E-state index in [1.807, 2.05) is 13.0 Å². The first-order valence-electron chi connectivity index (χ1n) is 10.7. The summed E-state index contributed by atoms with van der Waals surface area (Å²) in [5.41, 5.74) is 3.05. The molecule has 178 valence electrons. The molecule has 0 atom stereocenters. The number of amides is 2. The molecule has 3 aromatic carbocycles. The molecule has 0 aliphatic heterocycles. The normalized spacial score (nSPS) is 11.0. The van der Waals surface area contributed by atoms with Gasteiger partial charge in [0, 0.05) is 22.6 Å². The number of rotatable bonds is 7. The number of hydrogen-bond acceptors (Lipinski definition) is 5. The summed E-state index contributed by atoms with van der Waals surface area (Å²) in [5.74, 6) is -0.604. The Hall–Kier alpha value is -4.37. The van der Waals surface area contributed by atoms with Crippen LogP contribution in [0.2, 0.25) is 0 Å². The van der Waals surface area contributed by atoms with Gasteiger partial charge in [-0.25, -0.2) is 8.42 Å². The molecule has 8 nitrogen and oxygen atoms in total. The monoisotopic (exact) mass is 489 g/mol. The molecule has 0 saturated carbocycles. The van der Waals surface area contributed by atoms with E-state index in [1.54, 1.807) is 73.7 Å². The molecule has 3 N–H and O–H groups in total. The van der Waals surface area contributed by atoms with Crippen molar-refractivity contribution >= 4 is 38.9 Å². The SMILES string of the molecule is Cc1ccc(C)c(S(=O)(=O)Nc2cccc(C(=O)Nc3ccc(NC(=O)c4ccco4)cc3)c2)c1. The summed E-state index contributed by atoms with van der Waals surface area (Å²) >= 11 is 0. The fourth-order valence-corrected chi connectivity index (χ4v) is 4.75. The number of nitrogens with one attached hydrogen (secondary N) is 3. The van der Waals surface area contributed by atoms with Crippen LogP contribution >= 0.6 is 0 Å². The standard InChI is InChI=1S/C26H23N3O5S/c1-17-8-9-18(2)24(15-17)35(32,33)29-22-6-3-5-19(16-22)25(30)27-20-10-12-21(13-11-20)28-26(31)23-7-4-14-34-23/h3-16,29H,1-2H3,(H,27,30)(H,28,31). The van der Waals surface area contributed by atoms with Gasteiger partial charge in [0.05, 0.1) is 11.2 Å². The first-order valence-corrected chi connectivity index (χ1v) is 12.2. The molecule has 0 unspecified atom stereocenters. The van der Waals surface area contributed by atoms with Crippen molar-refractivity contribution in [2.75, 3.05) is 15.4 Å². The van der Waals surface area contributed by atoms with Gasteiger partial charge in [-0.3, -0.25) is 14.3 Å². The van der Waals surface area contributed by atoms with Gasteiger partial charge in [0.1, 0.15) is 0 Å². The van der Waals surface area contributed by atoms with Crippen molar-refractivity contribution in [1.82, 2.24) is 0 Å². The summed E-state index contributed by atoms with van der Waals surface area (Å²) in [4.78, 5) is 25.0. The van der Waals surface area contributed by atoms with Gasteiger partial charge < -0.3 is 15.1 Å². The van der Waals surface area contributed by atoms with Crippen LogP contribution < -0.4 is 15.4 Å². The van der Waals surface area contributed by atoms with E-state index < -0.39 is 15.9 Å². The van der Waals surface area contributed by atoms with Crippen molar-refractivity contribution in [3.63, 3.8) is 0 Å². The van der Waals surface area contributed by atoms with Crippen molar-refractivity contribution in [3.8, 4) is 0 Å². The van der Waals surface area contributed by atoms with Gasteiger partial charge in [0.15, 0.2) is 5.76 Å². The molecule has 0 spiro atoms. The largest absolute Gasteiger partial charge is 0.459 e. The number of carbonyl (C=O) groups is 2. The van der Waals surface area contributed by atoms with E-state index in [0.717, 1.165) is 5.56 Å². The average Bonchev–Trinajstić information content (AvgIpc) is 3.37. The molecule has 9 heteroatoms. The van der Waals surface area contributed by atoms with Crippen LogP contribution in [-0.2, 0) is 10.0 Å². The summed E-state index contributed by atoms with van der Waals surface area (Å²) in [5, 5.41) is 5.45. The molecule has 0 saturated heterocycles. The van der Waals surface area contributed by atoms with Crippen molar-refractivity contribution in [1.29, 1.82) is 0 Å². The van der Waals surface area contributed by atoms with Gasteiger partial charge in [0.2, 0.25) is 0 Å². The molecule has 2 amide bonds. The Labute approximate surface area is 203 Å². The summed E-state index contributed by atoms with van der Waals surface area (Å²) in [6.07, 6.45) is 1.41. The maximum atomic E-state index is 12.9. The van der Waals surface area contributed by atoms with Crippen LogP contribution in [0, 0.1) is 13.8 Å². The Morgan fingerprint density at radius 3 is 2.09 bits per heavy atom. The van der Waals surface area contributed by atoms with Crippen molar-refractivity contribution in [2.24, 2.45) is 0 Å². The summed E-state index contributed by atoms with van der Waals surface area (Å²) < 4.78 is 33.4. The molecule has 0 aliphatic rings. The van der Waals surface area contributed by atoms with E-state index in [2.05, 4.69) is 15.4 Å². The van der Waals surface area contributed by atoms with E-state index in [-0.39, 0.29) is 27.8 Å².